The Balaban J connectivity index is 1.88. The van der Waals surface area contributed by atoms with Gasteiger partial charge in [0.25, 0.3) is 0 Å². The molecule has 3 unspecified atom stereocenters. The molecule has 1 aromatic carbocycles. The van der Waals surface area contributed by atoms with Gasteiger partial charge in [-0.1, -0.05) is 44.2 Å². The largest absolute Gasteiger partial charge is 0.316 e. The minimum atomic E-state index is 0.674. The average Bonchev–Trinajstić information content (AvgIpc) is 3.11. The van der Waals surface area contributed by atoms with Gasteiger partial charge in [-0.2, -0.15) is 11.8 Å². The van der Waals surface area contributed by atoms with Crippen LogP contribution in [-0.4, -0.2) is 24.1 Å². The molecular weight excluding hydrogens is 226 g/mol. The topological polar surface area (TPSA) is 12.0 Å². The minimum Gasteiger partial charge on any atom is -0.316 e. The molecule has 3 atom stereocenters. The molecule has 1 nitrogen and oxygen atoms in total. The highest BCUT2D eigenvalue weighted by atomic mass is 32.2. The Morgan fingerprint density at radius 1 is 1.29 bits per heavy atom. The maximum absolute atomic E-state index is 3.50. The summed E-state index contributed by atoms with van der Waals surface area (Å²) >= 11 is 2.07. The summed E-state index contributed by atoms with van der Waals surface area (Å²) in [5.74, 6) is 2.87. The molecule has 0 aromatic heterocycles. The number of hydrogen-bond acceptors (Lipinski definition) is 2. The van der Waals surface area contributed by atoms with Gasteiger partial charge in [0.15, 0.2) is 0 Å². The van der Waals surface area contributed by atoms with E-state index in [9.17, 15) is 0 Å². The molecule has 1 fully saturated rings. The molecule has 1 N–H and O–H groups in total. The second-order valence-electron chi connectivity index (χ2n) is 5.19. The van der Waals surface area contributed by atoms with Gasteiger partial charge in [-0.25, -0.2) is 0 Å². The molecule has 0 heterocycles. The Labute approximate surface area is 109 Å². The molecule has 2 rings (SSSR count). The van der Waals surface area contributed by atoms with Crippen LogP contribution >= 0.6 is 11.8 Å². The highest BCUT2D eigenvalue weighted by Crippen LogP contribution is 2.49. The Morgan fingerprint density at radius 3 is 2.59 bits per heavy atom. The van der Waals surface area contributed by atoms with Crippen molar-refractivity contribution in [3.63, 3.8) is 0 Å². The van der Waals surface area contributed by atoms with E-state index in [1.807, 2.05) is 0 Å². The van der Waals surface area contributed by atoms with E-state index in [1.165, 1.54) is 17.7 Å². The van der Waals surface area contributed by atoms with Crippen molar-refractivity contribution in [2.45, 2.75) is 37.5 Å². The average molecular weight is 249 g/mol. The van der Waals surface area contributed by atoms with Crippen LogP contribution in [0.1, 0.15) is 31.7 Å². The third-order valence-electron chi connectivity index (χ3n) is 3.56. The lowest BCUT2D eigenvalue weighted by Gasteiger charge is -2.17. The van der Waals surface area contributed by atoms with Crippen molar-refractivity contribution in [2.24, 2.45) is 5.92 Å². The molecule has 1 aromatic rings. The standard InChI is InChI=1S/C15H23NS/c1-11(2)17-10-15(16-3)14-9-13(14)12-7-5-4-6-8-12/h4-8,11,13-16H,9-10H2,1-3H3. The van der Waals surface area contributed by atoms with Crippen LogP contribution in [0.4, 0.5) is 0 Å². The number of thioether (sulfide) groups is 1. The maximum Gasteiger partial charge on any atom is 0.0189 e. The zero-order valence-electron chi connectivity index (χ0n) is 11.0. The van der Waals surface area contributed by atoms with E-state index in [2.05, 4.69) is 68.3 Å². The van der Waals surface area contributed by atoms with E-state index < -0.39 is 0 Å². The molecule has 94 valence electrons. The number of rotatable bonds is 6. The minimum absolute atomic E-state index is 0.674. The highest BCUT2D eigenvalue weighted by Gasteiger charge is 2.42. The Hall–Kier alpha value is -0.470. The van der Waals surface area contributed by atoms with Crippen LogP contribution in [0.3, 0.4) is 0 Å². The molecule has 17 heavy (non-hydrogen) atoms. The van der Waals surface area contributed by atoms with Crippen molar-refractivity contribution in [3.8, 4) is 0 Å². The second kappa shape index (κ2) is 5.92. The summed E-state index contributed by atoms with van der Waals surface area (Å²) in [4.78, 5) is 0. The van der Waals surface area contributed by atoms with Crippen molar-refractivity contribution in [2.75, 3.05) is 12.8 Å². The SMILES string of the molecule is CNC(CSC(C)C)C1CC1c1ccccc1. The van der Waals surface area contributed by atoms with E-state index in [0.29, 0.717) is 6.04 Å². The van der Waals surface area contributed by atoms with Crippen LogP contribution in [-0.2, 0) is 0 Å². The van der Waals surface area contributed by atoms with E-state index in [4.69, 9.17) is 0 Å². The Bertz CT molecular complexity index is 336. The van der Waals surface area contributed by atoms with Crippen molar-refractivity contribution in [1.29, 1.82) is 0 Å². The van der Waals surface area contributed by atoms with Gasteiger partial charge in [0, 0.05) is 11.8 Å². The zero-order valence-corrected chi connectivity index (χ0v) is 11.8. The van der Waals surface area contributed by atoms with E-state index in [0.717, 1.165) is 17.1 Å². The normalized spacial score (nSPS) is 24.9. The molecule has 1 saturated carbocycles. The second-order valence-corrected chi connectivity index (χ2v) is 6.80. The first-order valence-corrected chi connectivity index (χ1v) is 7.61. The molecule has 2 heteroatoms. The van der Waals surface area contributed by atoms with E-state index in [1.54, 1.807) is 0 Å². The first-order valence-electron chi connectivity index (χ1n) is 6.56. The Kier molecular flexibility index (Phi) is 4.52. The lowest BCUT2D eigenvalue weighted by atomic mass is 10.1. The third-order valence-corrected chi connectivity index (χ3v) is 4.78. The predicted molar refractivity (Wildman–Crippen MR) is 77.7 cm³/mol. The first-order chi connectivity index (χ1) is 8.22. The lowest BCUT2D eigenvalue weighted by molar-refractivity contribution is 0.542. The fraction of sp³-hybridized carbons (Fsp3) is 0.600. The van der Waals surface area contributed by atoms with Gasteiger partial charge in [-0.15, -0.1) is 0 Å². The summed E-state index contributed by atoms with van der Waals surface area (Å²) in [6, 6.07) is 11.6. The monoisotopic (exact) mass is 249 g/mol. The highest BCUT2D eigenvalue weighted by molar-refractivity contribution is 7.99. The van der Waals surface area contributed by atoms with Gasteiger partial charge in [-0.3, -0.25) is 0 Å². The molecule has 1 aliphatic rings. The van der Waals surface area contributed by atoms with Gasteiger partial charge < -0.3 is 5.32 Å². The number of benzene rings is 1. The summed E-state index contributed by atoms with van der Waals surface area (Å²) in [7, 11) is 2.10. The molecule has 0 spiro atoms. The van der Waals surface area contributed by atoms with Crippen LogP contribution in [0.2, 0.25) is 0 Å². The van der Waals surface area contributed by atoms with Crippen LogP contribution in [0.25, 0.3) is 0 Å². The summed E-state index contributed by atoms with van der Waals surface area (Å²) in [6.07, 6.45) is 1.36. The third kappa shape index (κ3) is 3.49. The summed E-state index contributed by atoms with van der Waals surface area (Å²) in [6.45, 7) is 4.55. The van der Waals surface area contributed by atoms with Crippen LogP contribution in [0.5, 0.6) is 0 Å². The molecule has 0 amide bonds. The smallest absolute Gasteiger partial charge is 0.0189 e. The van der Waals surface area contributed by atoms with Crippen LogP contribution in [0, 0.1) is 5.92 Å². The summed E-state index contributed by atoms with van der Waals surface area (Å²) in [5.41, 5.74) is 1.52. The van der Waals surface area contributed by atoms with Crippen molar-refractivity contribution in [3.05, 3.63) is 35.9 Å². The van der Waals surface area contributed by atoms with E-state index in [-0.39, 0.29) is 0 Å². The van der Waals surface area contributed by atoms with Gasteiger partial charge in [-0.05, 0) is 36.1 Å². The van der Waals surface area contributed by atoms with Crippen molar-refractivity contribution < 1.29 is 0 Å². The fourth-order valence-electron chi connectivity index (χ4n) is 2.46. The van der Waals surface area contributed by atoms with Crippen molar-refractivity contribution in [1.82, 2.24) is 5.32 Å². The molecule has 0 bridgehead atoms. The zero-order chi connectivity index (χ0) is 12.3. The molecule has 0 aliphatic heterocycles. The van der Waals surface area contributed by atoms with Gasteiger partial charge in [0.05, 0.1) is 0 Å². The quantitative estimate of drug-likeness (QED) is 0.828. The number of nitrogens with one attached hydrogen (secondary N) is 1. The molecule has 0 radical (unpaired) electrons. The van der Waals surface area contributed by atoms with E-state index >= 15 is 0 Å². The maximum atomic E-state index is 3.50. The first kappa shape index (κ1) is 13.0. The lowest BCUT2D eigenvalue weighted by Crippen LogP contribution is -2.31. The van der Waals surface area contributed by atoms with Gasteiger partial charge in [0.1, 0.15) is 0 Å². The number of hydrogen-bond donors (Lipinski definition) is 1. The van der Waals surface area contributed by atoms with Crippen LogP contribution in [0.15, 0.2) is 30.3 Å². The molecular formula is C15H23NS. The van der Waals surface area contributed by atoms with Crippen molar-refractivity contribution >= 4 is 11.8 Å². The predicted octanol–water partition coefficient (Wildman–Crippen LogP) is 3.52. The van der Waals surface area contributed by atoms with Gasteiger partial charge in [0.2, 0.25) is 0 Å². The molecule has 0 saturated heterocycles. The van der Waals surface area contributed by atoms with Crippen LogP contribution < -0.4 is 5.32 Å². The summed E-state index contributed by atoms with van der Waals surface area (Å²) < 4.78 is 0. The Morgan fingerprint density at radius 2 is 2.00 bits per heavy atom. The summed E-state index contributed by atoms with van der Waals surface area (Å²) in [5, 5.41) is 4.23. The van der Waals surface area contributed by atoms with Gasteiger partial charge >= 0.3 is 0 Å². The molecule has 1 aliphatic carbocycles. The fourth-order valence-corrected chi connectivity index (χ4v) is 3.47.